The van der Waals surface area contributed by atoms with Crippen molar-refractivity contribution in [3.05, 3.63) is 46.3 Å². The van der Waals surface area contributed by atoms with E-state index in [-0.39, 0.29) is 11.6 Å². The number of nitro benzene ring substituents is 1. The van der Waals surface area contributed by atoms with Gasteiger partial charge in [0.2, 0.25) is 5.89 Å². The summed E-state index contributed by atoms with van der Waals surface area (Å²) in [6, 6.07) is 6.14. The lowest BCUT2D eigenvalue weighted by Crippen LogP contribution is -1.87. The zero-order valence-electron chi connectivity index (χ0n) is 9.58. The molecule has 0 aliphatic carbocycles. The third-order valence-electron chi connectivity index (χ3n) is 2.42. The number of hydrogen-bond donors (Lipinski definition) is 0. The van der Waals surface area contributed by atoms with E-state index >= 15 is 0 Å². The van der Waals surface area contributed by atoms with Crippen molar-refractivity contribution in [1.82, 2.24) is 4.98 Å². The van der Waals surface area contributed by atoms with E-state index in [1.165, 1.54) is 12.1 Å². The SMILES string of the molecule is CC(C)c1cnc(-c2ccc([N+](=O)[O-])cc2)o1. The molecule has 0 radical (unpaired) electrons. The van der Waals surface area contributed by atoms with Gasteiger partial charge in [-0.25, -0.2) is 4.98 Å². The van der Waals surface area contributed by atoms with Crippen LogP contribution in [0.3, 0.4) is 0 Å². The summed E-state index contributed by atoms with van der Waals surface area (Å²) >= 11 is 0. The summed E-state index contributed by atoms with van der Waals surface area (Å²) in [6.45, 7) is 4.03. The predicted octanol–water partition coefficient (Wildman–Crippen LogP) is 3.37. The molecule has 1 aromatic heterocycles. The molecule has 88 valence electrons. The summed E-state index contributed by atoms with van der Waals surface area (Å²) in [7, 11) is 0. The molecule has 0 spiro atoms. The fourth-order valence-corrected chi connectivity index (χ4v) is 1.41. The van der Waals surface area contributed by atoms with E-state index in [1.54, 1.807) is 18.3 Å². The van der Waals surface area contributed by atoms with Crippen molar-refractivity contribution >= 4 is 5.69 Å². The number of aromatic nitrogens is 1. The molecule has 2 aromatic rings. The van der Waals surface area contributed by atoms with Crippen LogP contribution in [0.5, 0.6) is 0 Å². The molecule has 0 bridgehead atoms. The van der Waals surface area contributed by atoms with Gasteiger partial charge in [-0.15, -0.1) is 0 Å². The molecule has 5 nitrogen and oxygen atoms in total. The van der Waals surface area contributed by atoms with Gasteiger partial charge >= 0.3 is 0 Å². The number of nitro groups is 1. The van der Waals surface area contributed by atoms with Gasteiger partial charge in [0.25, 0.3) is 5.69 Å². The first kappa shape index (κ1) is 11.3. The third kappa shape index (κ3) is 2.33. The van der Waals surface area contributed by atoms with Crippen LogP contribution in [0.15, 0.2) is 34.9 Å². The van der Waals surface area contributed by atoms with E-state index in [0.717, 1.165) is 11.3 Å². The molecule has 1 aromatic carbocycles. The topological polar surface area (TPSA) is 69.2 Å². The van der Waals surface area contributed by atoms with E-state index in [9.17, 15) is 10.1 Å². The zero-order valence-corrected chi connectivity index (χ0v) is 9.58. The van der Waals surface area contributed by atoms with Crippen LogP contribution in [0.1, 0.15) is 25.5 Å². The highest BCUT2D eigenvalue weighted by molar-refractivity contribution is 5.55. The van der Waals surface area contributed by atoms with Gasteiger partial charge in [-0.2, -0.15) is 0 Å². The van der Waals surface area contributed by atoms with Gasteiger partial charge < -0.3 is 4.42 Å². The maximum Gasteiger partial charge on any atom is 0.269 e. The highest BCUT2D eigenvalue weighted by Crippen LogP contribution is 2.24. The Morgan fingerprint density at radius 1 is 1.29 bits per heavy atom. The normalized spacial score (nSPS) is 10.8. The molecule has 0 aliphatic heterocycles. The molecule has 0 atom stereocenters. The van der Waals surface area contributed by atoms with E-state index in [1.807, 2.05) is 13.8 Å². The number of non-ortho nitro benzene ring substituents is 1. The van der Waals surface area contributed by atoms with E-state index in [4.69, 9.17) is 4.42 Å². The fraction of sp³-hybridized carbons (Fsp3) is 0.250. The van der Waals surface area contributed by atoms with Gasteiger partial charge in [0.1, 0.15) is 5.76 Å². The van der Waals surface area contributed by atoms with Crippen LogP contribution >= 0.6 is 0 Å². The van der Waals surface area contributed by atoms with Crippen LogP contribution in [0.2, 0.25) is 0 Å². The number of nitrogens with zero attached hydrogens (tertiary/aromatic N) is 2. The molecule has 17 heavy (non-hydrogen) atoms. The van der Waals surface area contributed by atoms with Crippen molar-refractivity contribution < 1.29 is 9.34 Å². The van der Waals surface area contributed by atoms with Crippen LogP contribution < -0.4 is 0 Å². The summed E-state index contributed by atoms with van der Waals surface area (Å²) in [6.07, 6.45) is 1.68. The molecule has 0 unspecified atom stereocenters. The highest BCUT2D eigenvalue weighted by Gasteiger charge is 2.11. The van der Waals surface area contributed by atoms with Crippen molar-refractivity contribution in [2.75, 3.05) is 0 Å². The largest absolute Gasteiger partial charge is 0.441 e. The van der Waals surface area contributed by atoms with Crippen molar-refractivity contribution in [3.63, 3.8) is 0 Å². The number of hydrogen-bond acceptors (Lipinski definition) is 4. The Hall–Kier alpha value is -2.17. The van der Waals surface area contributed by atoms with Crippen LogP contribution in [0.4, 0.5) is 5.69 Å². The Morgan fingerprint density at radius 2 is 1.94 bits per heavy atom. The quantitative estimate of drug-likeness (QED) is 0.600. The highest BCUT2D eigenvalue weighted by atomic mass is 16.6. The first-order chi connectivity index (χ1) is 8.08. The van der Waals surface area contributed by atoms with Gasteiger partial charge in [0, 0.05) is 23.6 Å². The van der Waals surface area contributed by atoms with Gasteiger partial charge in [0.15, 0.2) is 0 Å². The molecule has 5 heteroatoms. The molecule has 0 N–H and O–H groups in total. The number of benzene rings is 1. The van der Waals surface area contributed by atoms with E-state index < -0.39 is 4.92 Å². The maximum atomic E-state index is 10.5. The van der Waals surface area contributed by atoms with Crippen molar-refractivity contribution in [2.24, 2.45) is 0 Å². The molecule has 0 fully saturated rings. The lowest BCUT2D eigenvalue weighted by molar-refractivity contribution is -0.384. The minimum Gasteiger partial charge on any atom is -0.441 e. The standard InChI is InChI=1S/C12H12N2O3/c1-8(2)11-7-13-12(17-11)9-3-5-10(6-4-9)14(15)16/h3-8H,1-2H3. The predicted molar refractivity (Wildman–Crippen MR) is 62.7 cm³/mol. The van der Waals surface area contributed by atoms with Gasteiger partial charge in [0.05, 0.1) is 11.1 Å². The van der Waals surface area contributed by atoms with Crippen LogP contribution in [-0.2, 0) is 0 Å². The Balaban J connectivity index is 2.30. The second-order valence-corrected chi connectivity index (χ2v) is 4.03. The molecular formula is C12H12N2O3. The van der Waals surface area contributed by atoms with Crippen molar-refractivity contribution in [3.8, 4) is 11.5 Å². The zero-order chi connectivity index (χ0) is 12.4. The molecule has 0 aliphatic rings. The lowest BCUT2D eigenvalue weighted by atomic mass is 10.2. The second kappa shape index (κ2) is 4.37. The maximum absolute atomic E-state index is 10.5. The van der Waals surface area contributed by atoms with Crippen molar-refractivity contribution in [1.29, 1.82) is 0 Å². The fourth-order valence-electron chi connectivity index (χ4n) is 1.41. The Morgan fingerprint density at radius 3 is 2.41 bits per heavy atom. The third-order valence-corrected chi connectivity index (χ3v) is 2.42. The number of oxazole rings is 1. The van der Waals surface area contributed by atoms with Crippen LogP contribution in [-0.4, -0.2) is 9.91 Å². The first-order valence-electron chi connectivity index (χ1n) is 5.28. The molecule has 0 amide bonds. The summed E-state index contributed by atoms with van der Waals surface area (Å²) < 4.78 is 5.55. The average Bonchev–Trinajstić information content (AvgIpc) is 2.78. The van der Waals surface area contributed by atoms with Gasteiger partial charge in [-0.05, 0) is 12.1 Å². The van der Waals surface area contributed by atoms with Crippen molar-refractivity contribution in [2.45, 2.75) is 19.8 Å². The minimum atomic E-state index is -0.432. The minimum absolute atomic E-state index is 0.0596. The molecule has 2 rings (SSSR count). The molecule has 0 saturated carbocycles. The molecular weight excluding hydrogens is 220 g/mol. The number of rotatable bonds is 3. The van der Waals surface area contributed by atoms with E-state index in [0.29, 0.717) is 5.89 Å². The monoisotopic (exact) mass is 232 g/mol. The van der Waals surface area contributed by atoms with E-state index in [2.05, 4.69) is 4.98 Å². The van der Waals surface area contributed by atoms with Crippen LogP contribution in [0.25, 0.3) is 11.5 Å². The summed E-state index contributed by atoms with van der Waals surface area (Å²) in [4.78, 5) is 14.2. The Bertz CT molecular complexity index is 529. The van der Waals surface area contributed by atoms with Gasteiger partial charge in [-0.1, -0.05) is 13.8 Å². The summed E-state index contributed by atoms with van der Waals surface area (Å²) in [5.41, 5.74) is 0.798. The molecule has 0 saturated heterocycles. The Kier molecular flexibility index (Phi) is 2.91. The summed E-state index contributed by atoms with van der Waals surface area (Å²) in [5, 5.41) is 10.5. The van der Waals surface area contributed by atoms with Crippen LogP contribution in [0, 0.1) is 10.1 Å². The first-order valence-corrected chi connectivity index (χ1v) is 5.28. The lowest BCUT2D eigenvalue weighted by Gasteiger charge is -1.98. The average molecular weight is 232 g/mol. The van der Waals surface area contributed by atoms with Gasteiger partial charge in [-0.3, -0.25) is 10.1 Å². The summed E-state index contributed by atoms with van der Waals surface area (Å²) in [5.74, 6) is 1.57. The Labute approximate surface area is 98.3 Å². The second-order valence-electron chi connectivity index (χ2n) is 4.03. The molecule has 1 heterocycles. The smallest absolute Gasteiger partial charge is 0.269 e.